The largest absolute Gasteiger partial charge is 0.374 e. The highest BCUT2D eigenvalue weighted by Gasteiger charge is 2.15. The van der Waals surface area contributed by atoms with Gasteiger partial charge in [-0.05, 0) is 31.0 Å². The van der Waals surface area contributed by atoms with Crippen LogP contribution in [-0.2, 0) is 9.53 Å². The van der Waals surface area contributed by atoms with Gasteiger partial charge in [0.15, 0.2) is 23.4 Å². The van der Waals surface area contributed by atoms with Gasteiger partial charge in [-0.3, -0.25) is 9.79 Å². The monoisotopic (exact) mass is 550 g/mol. The number of hydrogen-bond acceptors (Lipinski definition) is 3. The number of anilines is 1. The molecule has 0 aromatic heterocycles. The van der Waals surface area contributed by atoms with Crippen LogP contribution in [0.5, 0.6) is 0 Å². The van der Waals surface area contributed by atoms with E-state index in [-0.39, 0.29) is 36.6 Å². The first kappa shape index (κ1) is 26.7. The van der Waals surface area contributed by atoms with Crippen molar-refractivity contribution >= 4 is 41.5 Å². The maximum absolute atomic E-state index is 13.6. The van der Waals surface area contributed by atoms with Crippen LogP contribution in [0.15, 0.2) is 47.5 Å². The highest BCUT2D eigenvalue weighted by molar-refractivity contribution is 14.0. The summed E-state index contributed by atoms with van der Waals surface area (Å²) in [5, 5.41) is 7.96. The fourth-order valence-corrected chi connectivity index (χ4v) is 2.56. The van der Waals surface area contributed by atoms with Crippen molar-refractivity contribution in [3.8, 4) is 0 Å². The minimum absolute atomic E-state index is 0. The Labute approximate surface area is 196 Å². The molecule has 0 heterocycles. The van der Waals surface area contributed by atoms with Crippen LogP contribution in [0.4, 0.5) is 18.9 Å². The van der Waals surface area contributed by atoms with E-state index in [1.54, 1.807) is 0 Å². The summed E-state index contributed by atoms with van der Waals surface area (Å²) in [6.07, 6.45) is 0.702. The van der Waals surface area contributed by atoms with Crippen LogP contribution in [0.2, 0.25) is 0 Å². The van der Waals surface area contributed by atoms with Gasteiger partial charge in [0, 0.05) is 20.2 Å². The average Bonchev–Trinajstić information content (AvgIpc) is 2.76. The summed E-state index contributed by atoms with van der Waals surface area (Å²) in [5.74, 6) is -4.68. The molecule has 2 rings (SSSR count). The lowest BCUT2D eigenvalue weighted by Crippen LogP contribution is -2.42. The minimum atomic E-state index is -1.64. The second kappa shape index (κ2) is 13.9. The molecule has 0 bridgehead atoms. The van der Waals surface area contributed by atoms with Crippen LogP contribution in [0.25, 0.3) is 0 Å². The highest BCUT2D eigenvalue weighted by atomic mass is 127. The third kappa shape index (κ3) is 8.74. The Kier molecular flexibility index (Phi) is 11.9. The molecule has 0 aliphatic heterocycles. The number of hydrogen-bond donors (Lipinski definition) is 3. The van der Waals surface area contributed by atoms with Gasteiger partial charge in [0.05, 0.1) is 18.3 Å². The molecule has 0 aliphatic carbocycles. The van der Waals surface area contributed by atoms with E-state index in [9.17, 15) is 18.0 Å². The second-order valence-corrected chi connectivity index (χ2v) is 6.40. The molecule has 0 fully saturated rings. The lowest BCUT2D eigenvalue weighted by Gasteiger charge is -2.15. The molecule has 0 aliphatic rings. The molecule has 1 atom stereocenters. The van der Waals surface area contributed by atoms with Crippen LogP contribution in [-0.4, -0.2) is 38.6 Å². The third-order valence-electron chi connectivity index (χ3n) is 4.20. The van der Waals surface area contributed by atoms with Crippen molar-refractivity contribution in [2.75, 3.05) is 32.1 Å². The van der Waals surface area contributed by atoms with Gasteiger partial charge in [-0.15, -0.1) is 24.0 Å². The van der Waals surface area contributed by atoms with Crippen LogP contribution in [0, 0.1) is 17.5 Å². The van der Waals surface area contributed by atoms with Crippen molar-refractivity contribution in [1.29, 1.82) is 0 Å². The van der Waals surface area contributed by atoms with E-state index in [1.165, 1.54) is 7.05 Å². The first-order chi connectivity index (χ1) is 14.4. The molecule has 1 unspecified atom stereocenters. The Morgan fingerprint density at radius 1 is 1.06 bits per heavy atom. The molecular formula is C21H26F3IN4O2. The van der Waals surface area contributed by atoms with Crippen LogP contribution < -0.4 is 16.0 Å². The summed E-state index contributed by atoms with van der Waals surface area (Å²) >= 11 is 0. The zero-order chi connectivity index (χ0) is 21.9. The molecule has 0 saturated heterocycles. The summed E-state index contributed by atoms with van der Waals surface area (Å²) in [5.41, 5.74) is 0.666. The maximum Gasteiger partial charge on any atom is 0.243 e. The third-order valence-corrected chi connectivity index (χ3v) is 4.20. The number of rotatable bonds is 9. The zero-order valence-electron chi connectivity index (χ0n) is 17.3. The molecule has 170 valence electrons. The molecule has 2 aromatic carbocycles. The predicted molar refractivity (Wildman–Crippen MR) is 125 cm³/mol. The van der Waals surface area contributed by atoms with E-state index in [2.05, 4.69) is 20.9 Å². The van der Waals surface area contributed by atoms with Crippen LogP contribution >= 0.6 is 24.0 Å². The summed E-state index contributed by atoms with van der Waals surface area (Å²) < 4.78 is 45.5. The number of benzene rings is 2. The first-order valence-electron chi connectivity index (χ1n) is 9.46. The Hall–Kier alpha value is -2.34. The van der Waals surface area contributed by atoms with Crippen molar-refractivity contribution in [3.05, 3.63) is 65.5 Å². The Bertz CT molecular complexity index is 869. The standard InChI is InChI=1S/C21H25F3N4O2.HI/c1-14(15-7-4-3-5-8-15)30-12-6-11-26-21(25-2)27-13-18(29)28-17-10-9-16(22)19(23)20(17)24;/h3-5,7-10,14H,6,11-13H2,1-2H3,(H,28,29)(H2,25,26,27);1H. The lowest BCUT2D eigenvalue weighted by atomic mass is 10.1. The zero-order valence-corrected chi connectivity index (χ0v) is 19.6. The maximum atomic E-state index is 13.6. The molecule has 6 nitrogen and oxygen atoms in total. The van der Waals surface area contributed by atoms with Gasteiger partial charge >= 0.3 is 0 Å². The van der Waals surface area contributed by atoms with E-state index in [0.717, 1.165) is 17.7 Å². The first-order valence-corrected chi connectivity index (χ1v) is 9.46. The van der Waals surface area contributed by atoms with Crippen molar-refractivity contribution in [3.63, 3.8) is 0 Å². The van der Waals surface area contributed by atoms with Crippen molar-refractivity contribution in [2.24, 2.45) is 4.99 Å². The second-order valence-electron chi connectivity index (χ2n) is 6.40. The van der Waals surface area contributed by atoms with Gasteiger partial charge in [-0.2, -0.15) is 0 Å². The predicted octanol–water partition coefficient (Wildman–Crippen LogP) is 3.99. The van der Waals surface area contributed by atoms with Gasteiger partial charge in [0.1, 0.15) is 0 Å². The summed E-state index contributed by atoms with van der Waals surface area (Å²) in [4.78, 5) is 15.9. The molecule has 0 radical (unpaired) electrons. The number of nitrogens with zero attached hydrogens (tertiary/aromatic N) is 1. The SMILES string of the molecule is CN=C(NCCCOC(C)c1ccccc1)NCC(=O)Nc1ccc(F)c(F)c1F.I. The van der Waals surface area contributed by atoms with Gasteiger partial charge in [-0.25, -0.2) is 13.2 Å². The highest BCUT2D eigenvalue weighted by Crippen LogP contribution is 2.19. The Morgan fingerprint density at radius 2 is 1.77 bits per heavy atom. The van der Waals surface area contributed by atoms with Crippen LogP contribution in [0.1, 0.15) is 25.0 Å². The number of carbonyl (C=O) groups is 1. The number of guanidine groups is 1. The summed E-state index contributed by atoms with van der Waals surface area (Å²) in [6.45, 7) is 2.84. The molecule has 10 heteroatoms. The van der Waals surface area contributed by atoms with E-state index < -0.39 is 29.0 Å². The van der Waals surface area contributed by atoms with Crippen LogP contribution in [0.3, 0.4) is 0 Å². The van der Waals surface area contributed by atoms with Gasteiger partial charge < -0.3 is 20.7 Å². The quantitative estimate of drug-likeness (QED) is 0.145. The van der Waals surface area contributed by atoms with E-state index in [0.29, 0.717) is 25.5 Å². The van der Waals surface area contributed by atoms with E-state index in [4.69, 9.17) is 4.74 Å². The number of carbonyl (C=O) groups excluding carboxylic acids is 1. The fourth-order valence-electron chi connectivity index (χ4n) is 2.56. The van der Waals surface area contributed by atoms with Crippen molar-refractivity contribution in [1.82, 2.24) is 10.6 Å². The summed E-state index contributed by atoms with van der Waals surface area (Å²) in [7, 11) is 1.54. The molecule has 0 saturated carbocycles. The molecule has 2 aromatic rings. The van der Waals surface area contributed by atoms with Gasteiger partial charge in [0.2, 0.25) is 5.91 Å². The van der Waals surface area contributed by atoms with E-state index >= 15 is 0 Å². The van der Waals surface area contributed by atoms with Gasteiger partial charge in [-0.1, -0.05) is 30.3 Å². The number of nitrogens with one attached hydrogen (secondary N) is 3. The Morgan fingerprint density at radius 3 is 2.45 bits per heavy atom. The minimum Gasteiger partial charge on any atom is -0.374 e. The average molecular weight is 550 g/mol. The summed E-state index contributed by atoms with van der Waals surface area (Å²) in [6, 6.07) is 11.6. The van der Waals surface area contributed by atoms with E-state index in [1.807, 2.05) is 37.3 Å². The lowest BCUT2D eigenvalue weighted by molar-refractivity contribution is -0.115. The molecule has 0 spiro atoms. The number of amides is 1. The molecule has 3 N–H and O–H groups in total. The number of halogens is 4. The number of aliphatic imine (C=N–C) groups is 1. The smallest absolute Gasteiger partial charge is 0.243 e. The molecular weight excluding hydrogens is 524 g/mol. The molecule has 31 heavy (non-hydrogen) atoms. The normalized spacial score (nSPS) is 12.0. The van der Waals surface area contributed by atoms with Crippen molar-refractivity contribution < 1.29 is 22.7 Å². The Balaban J connectivity index is 0.00000480. The topological polar surface area (TPSA) is 74.8 Å². The van der Waals surface area contributed by atoms with Gasteiger partial charge in [0.25, 0.3) is 0 Å². The fraction of sp³-hybridized carbons (Fsp3) is 0.333. The van der Waals surface area contributed by atoms with Crippen molar-refractivity contribution in [2.45, 2.75) is 19.4 Å². The number of ether oxygens (including phenoxy) is 1. The molecule has 1 amide bonds.